The van der Waals surface area contributed by atoms with E-state index in [0.29, 0.717) is 36.4 Å². The topological polar surface area (TPSA) is 89.1 Å². The summed E-state index contributed by atoms with van der Waals surface area (Å²) in [6.07, 6.45) is 7.35. The number of hydrogen-bond donors (Lipinski definition) is 1. The highest BCUT2D eigenvalue weighted by molar-refractivity contribution is 6.30. The number of benzene rings is 2. The van der Waals surface area contributed by atoms with E-state index in [1.807, 2.05) is 35.0 Å². The van der Waals surface area contributed by atoms with Gasteiger partial charge in [-0.3, -0.25) is 9.69 Å². The van der Waals surface area contributed by atoms with Gasteiger partial charge in [0.25, 0.3) is 0 Å². The molecule has 0 spiro atoms. The quantitative estimate of drug-likeness (QED) is 0.399. The molecule has 0 bridgehead atoms. The zero-order valence-corrected chi connectivity index (χ0v) is 20.1. The molecule has 0 saturated carbocycles. The minimum Gasteiger partial charge on any atom is -0.352 e. The largest absolute Gasteiger partial charge is 0.352 e. The third-order valence-corrected chi connectivity index (χ3v) is 6.44. The summed E-state index contributed by atoms with van der Waals surface area (Å²) in [5.41, 5.74) is 3.10. The highest BCUT2D eigenvalue weighted by atomic mass is 35.5. The second-order valence-corrected chi connectivity index (χ2v) is 9.30. The number of nitrogens with zero attached hydrogens (tertiary/aromatic N) is 5. The van der Waals surface area contributed by atoms with Crippen LogP contribution in [0.25, 0.3) is 11.4 Å². The van der Waals surface area contributed by atoms with E-state index in [9.17, 15) is 4.79 Å². The normalized spacial score (nSPS) is 16.3. The van der Waals surface area contributed by atoms with Crippen molar-refractivity contribution in [2.75, 3.05) is 13.1 Å². The summed E-state index contributed by atoms with van der Waals surface area (Å²) in [4.78, 5) is 23.6. The molecule has 2 aromatic carbocycles. The monoisotopic (exact) mass is 490 g/mol. The molecule has 1 amide bonds. The Hall–Kier alpha value is -3.49. The summed E-state index contributed by atoms with van der Waals surface area (Å²) < 4.78 is 7.48. The maximum absolute atomic E-state index is 12.9. The summed E-state index contributed by atoms with van der Waals surface area (Å²) in [5.74, 6) is 1.09. The Morgan fingerprint density at radius 2 is 2.00 bits per heavy atom. The van der Waals surface area contributed by atoms with Gasteiger partial charge in [-0.1, -0.05) is 53.2 Å². The van der Waals surface area contributed by atoms with Gasteiger partial charge in [0.1, 0.15) is 0 Å². The van der Waals surface area contributed by atoms with Crippen LogP contribution in [0.1, 0.15) is 29.9 Å². The molecule has 1 fully saturated rings. The standard InChI is InChI=1S/C26H27ClN6O2/c27-23-5-1-3-21(13-23)25-30-24(35-31-25)17-32-11-2-4-22(16-32)26(34)29-14-19-6-8-20(9-7-19)15-33-12-10-28-18-33/h1,3,5-10,12-13,18,22H,2,4,11,14-17H2,(H,29,34). The van der Waals surface area contributed by atoms with Crippen LogP contribution < -0.4 is 5.32 Å². The van der Waals surface area contributed by atoms with Gasteiger partial charge in [0.05, 0.1) is 18.8 Å². The molecule has 4 aromatic rings. The number of carbonyl (C=O) groups is 1. The van der Waals surface area contributed by atoms with Crippen LogP contribution >= 0.6 is 11.6 Å². The first-order valence-corrected chi connectivity index (χ1v) is 12.1. The van der Waals surface area contributed by atoms with E-state index in [1.54, 1.807) is 12.5 Å². The molecule has 1 unspecified atom stereocenters. The van der Waals surface area contributed by atoms with Gasteiger partial charge in [-0.2, -0.15) is 4.98 Å². The smallest absolute Gasteiger partial charge is 0.241 e. The lowest BCUT2D eigenvalue weighted by atomic mass is 9.97. The number of rotatable bonds is 8. The van der Waals surface area contributed by atoms with Gasteiger partial charge >= 0.3 is 0 Å². The predicted octanol–water partition coefficient (Wildman–Crippen LogP) is 4.16. The van der Waals surface area contributed by atoms with Crippen LogP contribution in [0.15, 0.2) is 71.8 Å². The van der Waals surface area contributed by atoms with Crippen molar-refractivity contribution in [1.29, 1.82) is 0 Å². The van der Waals surface area contributed by atoms with Crippen molar-refractivity contribution >= 4 is 17.5 Å². The first-order valence-electron chi connectivity index (χ1n) is 11.7. The molecule has 1 aliphatic rings. The van der Waals surface area contributed by atoms with E-state index in [1.165, 1.54) is 5.56 Å². The molecule has 2 aromatic heterocycles. The third kappa shape index (κ3) is 6.15. The Kier molecular flexibility index (Phi) is 7.20. The Bertz CT molecular complexity index is 1260. The lowest BCUT2D eigenvalue weighted by Crippen LogP contribution is -2.42. The summed E-state index contributed by atoms with van der Waals surface area (Å²) >= 11 is 6.07. The fourth-order valence-corrected chi connectivity index (χ4v) is 4.55. The van der Waals surface area contributed by atoms with Crippen molar-refractivity contribution in [3.8, 4) is 11.4 Å². The number of nitrogens with one attached hydrogen (secondary N) is 1. The Morgan fingerprint density at radius 3 is 2.80 bits per heavy atom. The number of likely N-dealkylation sites (tertiary alicyclic amines) is 1. The van der Waals surface area contributed by atoms with Gasteiger partial charge in [-0.15, -0.1) is 0 Å². The Morgan fingerprint density at radius 1 is 1.14 bits per heavy atom. The average Bonchev–Trinajstić information content (AvgIpc) is 3.56. The molecule has 0 radical (unpaired) electrons. The molecule has 1 N–H and O–H groups in total. The summed E-state index contributed by atoms with van der Waals surface area (Å²) in [6.45, 7) is 3.40. The highest BCUT2D eigenvalue weighted by Gasteiger charge is 2.26. The highest BCUT2D eigenvalue weighted by Crippen LogP contribution is 2.22. The number of aromatic nitrogens is 4. The van der Waals surface area contributed by atoms with Crippen molar-refractivity contribution in [1.82, 2.24) is 29.9 Å². The van der Waals surface area contributed by atoms with Crippen molar-refractivity contribution in [2.24, 2.45) is 5.92 Å². The molecule has 0 aliphatic carbocycles. The lowest BCUT2D eigenvalue weighted by molar-refractivity contribution is -0.127. The van der Waals surface area contributed by atoms with E-state index in [4.69, 9.17) is 16.1 Å². The lowest BCUT2D eigenvalue weighted by Gasteiger charge is -2.30. The summed E-state index contributed by atoms with van der Waals surface area (Å²) in [7, 11) is 0. The summed E-state index contributed by atoms with van der Waals surface area (Å²) in [5, 5.41) is 7.81. The van der Waals surface area contributed by atoms with Gasteiger partial charge in [0.2, 0.25) is 17.6 Å². The van der Waals surface area contributed by atoms with Crippen LogP contribution in [0.3, 0.4) is 0 Å². The van der Waals surface area contributed by atoms with Gasteiger partial charge in [0, 0.05) is 42.6 Å². The third-order valence-electron chi connectivity index (χ3n) is 6.20. The average molecular weight is 491 g/mol. The van der Waals surface area contributed by atoms with Crippen LogP contribution in [-0.2, 0) is 24.4 Å². The molecule has 180 valence electrons. The molecular formula is C26H27ClN6O2. The zero-order chi connectivity index (χ0) is 24.0. The van der Waals surface area contributed by atoms with E-state index >= 15 is 0 Å². The number of piperidine rings is 1. The van der Waals surface area contributed by atoms with Crippen molar-refractivity contribution in [3.05, 3.63) is 89.3 Å². The molecule has 5 rings (SSSR count). The van der Waals surface area contributed by atoms with Crippen LogP contribution in [0.2, 0.25) is 5.02 Å². The maximum Gasteiger partial charge on any atom is 0.241 e. The van der Waals surface area contributed by atoms with Gasteiger partial charge in [-0.05, 0) is 42.6 Å². The molecule has 1 atom stereocenters. The van der Waals surface area contributed by atoms with E-state index in [-0.39, 0.29) is 11.8 Å². The minimum absolute atomic E-state index is 0.0559. The van der Waals surface area contributed by atoms with Crippen LogP contribution in [0.5, 0.6) is 0 Å². The molecule has 1 saturated heterocycles. The van der Waals surface area contributed by atoms with E-state index in [2.05, 4.69) is 49.6 Å². The maximum atomic E-state index is 12.9. The van der Waals surface area contributed by atoms with Gasteiger partial charge in [-0.25, -0.2) is 4.98 Å². The number of halogens is 1. The predicted molar refractivity (Wildman–Crippen MR) is 132 cm³/mol. The second kappa shape index (κ2) is 10.8. The molecule has 3 heterocycles. The van der Waals surface area contributed by atoms with E-state index < -0.39 is 0 Å². The molecule has 9 heteroatoms. The molecule has 8 nitrogen and oxygen atoms in total. The number of hydrogen-bond acceptors (Lipinski definition) is 6. The first kappa shape index (κ1) is 23.3. The fourth-order valence-electron chi connectivity index (χ4n) is 4.36. The Labute approximate surface area is 208 Å². The zero-order valence-electron chi connectivity index (χ0n) is 19.3. The summed E-state index contributed by atoms with van der Waals surface area (Å²) in [6, 6.07) is 15.7. The first-order chi connectivity index (χ1) is 17.1. The van der Waals surface area contributed by atoms with Crippen LogP contribution in [0, 0.1) is 5.92 Å². The molecular weight excluding hydrogens is 464 g/mol. The van der Waals surface area contributed by atoms with Crippen molar-refractivity contribution < 1.29 is 9.32 Å². The van der Waals surface area contributed by atoms with Crippen LogP contribution in [-0.4, -0.2) is 43.6 Å². The van der Waals surface area contributed by atoms with Crippen molar-refractivity contribution in [3.63, 3.8) is 0 Å². The molecule has 1 aliphatic heterocycles. The molecule has 35 heavy (non-hydrogen) atoms. The van der Waals surface area contributed by atoms with Crippen LogP contribution in [0.4, 0.5) is 0 Å². The SMILES string of the molecule is O=C(NCc1ccc(Cn2ccnc2)cc1)C1CCCN(Cc2nc(-c3cccc(Cl)c3)no2)C1. The van der Waals surface area contributed by atoms with Gasteiger partial charge in [0.15, 0.2) is 0 Å². The Balaban J connectivity index is 1.11. The van der Waals surface area contributed by atoms with Crippen molar-refractivity contribution in [2.45, 2.75) is 32.5 Å². The fraction of sp³-hybridized carbons (Fsp3) is 0.308. The van der Waals surface area contributed by atoms with Gasteiger partial charge < -0.3 is 14.4 Å². The second-order valence-electron chi connectivity index (χ2n) is 8.87. The van der Waals surface area contributed by atoms with E-state index in [0.717, 1.165) is 37.1 Å². The minimum atomic E-state index is -0.0559. The number of imidazole rings is 1. The number of amides is 1. The number of carbonyl (C=O) groups excluding carboxylic acids is 1.